The Morgan fingerprint density at radius 1 is 1.00 bits per heavy atom. The van der Waals surface area contributed by atoms with Gasteiger partial charge in [-0.3, -0.25) is 9.59 Å². The third kappa shape index (κ3) is 7.69. The summed E-state index contributed by atoms with van der Waals surface area (Å²) in [5.41, 5.74) is -0.210. The van der Waals surface area contributed by atoms with Gasteiger partial charge in [-0.2, -0.15) is 5.10 Å². The Morgan fingerprint density at radius 2 is 1.68 bits per heavy atom. The van der Waals surface area contributed by atoms with Crippen molar-refractivity contribution in [2.45, 2.75) is 25.6 Å². The van der Waals surface area contributed by atoms with E-state index >= 15 is 0 Å². The number of carbonyl (C=O) groups is 2. The summed E-state index contributed by atoms with van der Waals surface area (Å²) in [5.74, 6) is -5.63. The molecule has 0 fully saturated rings. The Hall–Kier alpha value is -4.10. The fraction of sp³-hybridized carbons (Fsp3) is 0.323. The van der Waals surface area contributed by atoms with Crippen molar-refractivity contribution in [2.75, 3.05) is 39.9 Å². The average Bonchev–Trinajstić information content (AvgIpc) is 3.45. The molecular formula is C31H32F4N4O4S. The van der Waals surface area contributed by atoms with Gasteiger partial charge in [0.1, 0.15) is 39.2 Å². The van der Waals surface area contributed by atoms with Crippen LogP contribution >= 0.6 is 11.8 Å². The standard InChI is InChI=1S/C31H32F4N4O4S/c1-4-38(5-2)15-7-14-36-26(40)18-43-25-9-6-8-22(28(25)42-3)31-39(30(41)27-23(34)16-21(33)17-24(27)35)37-29(44-31)19-10-12-20(32)13-11-19/h6,8-13,16-17,31H,4-5,7,14-15,18H2,1-3H3,(H,36,40). The van der Waals surface area contributed by atoms with Gasteiger partial charge in [0.15, 0.2) is 18.1 Å². The molecule has 2 amide bonds. The molecular weight excluding hydrogens is 600 g/mol. The maximum absolute atomic E-state index is 14.7. The van der Waals surface area contributed by atoms with Gasteiger partial charge >= 0.3 is 0 Å². The maximum atomic E-state index is 14.7. The smallest absolute Gasteiger partial charge is 0.281 e. The van der Waals surface area contributed by atoms with Gasteiger partial charge in [-0.05, 0) is 56.4 Å². The molecule has 0 aliphatic carbocycles. The molecule has 1 unspecified atom stereocenters. The van der Waals surface area contributed by atoms with Crippen LogP contribution in [0, 0.1) is 23.3 Å². The van der Waals surface area contributed by atoms with Gasteiger partial charge in [0.05, 0.1) is 7.11 Å². The molecule has 0 saturated carbocycles. The Balaban J connectivity index is 1.59. The Labute approximate surface area is 257 Å². The first-order valence-corrected chi connectivity index (χ1v) is 14.8. The molecule has 0 aromatic heterocycles. The molecule has 4 rings (SSSR count). The molecule has 8 nitrogen and oxygen atoms in total. The van der Waals surface area contributed by atoms with Gasteiger partial charge in [0.25, 0.3) is 11.8 Å². The first-order valence-electron chi connectivity index (χ1n) is 13.9. The number of benzene rings is 3. The highest BCUT2D eigenvalue weighted by molar-refractivity contribution is 8.14. The van der Waals surface area contributed by atoms with Gasteiger partial charge in [0, 0.05) is 29.8 Å². The molecule has 0 spiro atoms. The van der Waals surface area contributed by atoms with Gasteiger partial charge in [-0.1, -0.05) is 37.7 Å². The van der Waals surface area contributed by atoms with Crippen LogP contribution < -0.4 is 14.8 Å². The lowest BCUT2D eigenvalue weighted by atomic mass is 10.1. The number of nitrogens with one attached hydrogen (secondary N) is 1. The number of halogens is 4. The zero-order chi connectivity index (χ0) is 31.8. The van der Waals surface area contributed by atoms with Crippen LogP contribution in [-0.2, 0) is 4.79 Å². The molecule has 1 atom stereocenters. The fourth-order valence-corrected chi connectivity index (χ4v) is 5.75. The van der Waals surface area contributed by atoms with E-state index in [2.05, 4.69) is 29.2 Å². The van der Waals surface area contributed by atoms with Crippen molar-refractivity contribution >= 4 is 28.6 Å². The monoisotopic (exact) mass is 632 g/mol. The molecule has 234 valence electrons. The summed E-state index contributed by atoms with van der Waals surface area (Å²) in [7, 11) is 1.37. The number of ether oxygens (including phenoxy) is 2. The molecule has 0 saturated heterocycles. The number of rotatable bonds is 13. The number of para-hydroxylation sites is 1. The quantitative estimate of drug-likeness (QED) is 0.192. The molecule has 1 aliphatic heterocycles. The Morgan fingerprint density at radius 3 is 2.32 bits per heavy atom. The van der Waals surface area contributed by atoms with E-state index in [1.54, 1.807) is 18.2 Å². The molecule has 44 heavy (non-hydrogen) atoms. The van der Waals surface area contributed by atoms with Crippen molar-refractivity contribution in [3.63, 3.8) is 0 Å². The minimum absolute atomic E-state index is 0.160. The zero-order valence-corrected chi connectivity index (χ0v) is 25.2. The third-order valence-corrected chi connectivity index (χ3v) is 8.09. The molecule has 0 radical (unpaired) electrons. The average molecular weight is 633 g/mol. The van der Waals surface area contributed by atoms with Gasteiger partial charge in [0.2, 0.25) is 0 Å². The second-order valence-corrected chi connectivity index (χ2v) is 10.7. The largest absolute Gasteiger partial charge is 0.492 e. The molecule has 1 aliphatic rings. The lowest BCUT2D eigenvalue weighted by Gasteiger charge is -2.24. The molecule has 3 aromatic rings. The number of amides is 2. The van der Waals surface area contributed by atoms with Crippen LogP contribution in [0.5, 0.6) is 11.5 Å². The molecule has 1 N–H and O–H groups in total. The van der Waals surface area contributed by atoms with Crippen molar-refractivity contribution in [3.8, 4) is 11.5 Å². The van der Waals surface area contributed by atoms with Crippen molar-refractivity contribution in [3.05, 3.63) is 94.6 Å². The Kier molecular flexibility index (Phi) is 11.2. The predicted octanol–water partition coefficient (Wildman–Crippen LogP) is 5.73. The van der Waals surface area contributed by atoms with Crippen molar-refractivity contribution < 1.29 is 36.6 Å². The maximum Gasteiger partial charge on any atom is 0.281 e. The van der Waals surface area contributed by atoms with E-state index in [1.807, 2.05) is 0 Å². The Bertz CT molecular complexity index is 1500. The highest BCUT2D eigenvalue weighted by Crippen LogP contribution is 2.47. The lowest BCUT2D eigenvalue weighted by molar-refractivity contribution is -0.123. The summed E-state index contributed by atoms with van der Waals surface area (Å²) in [6.45, 7) is 7.02. The van der Waals surface area contributed by atoms with Crippen LogP contribution in [0.2, 0.25) is 0 Å². The van der Waals surface area contributed by atoms with Crippen molar-refractivity contribution in [1.82, 2.24) is 15.2 Å². The van der Waals surface area contributed by atoms with Crippen LogP contribution in [0.4, 0.5) is 17.6 Å². The minimum atomic E-state index is -1.39. The predicted molar refractivity (Wildman–Crippen MR) is 160 cm³/mol. The third-order valence-electron chi connectivity index (χ3n) is 6.87. The molecule has 13 heteroatoms. The van der Waals surface area contributed by atoms with Crippen molar-refractivity contribution in [1.29, 1.82) is 0 Å². The summed E-state index contributed by atoms with van der Waals surface area (Å²) in [6.07, 6.45) is 0.778. The summed E-state index contributed by atoms with van der Waals surface area (Å²) in [4.78, 5) is 28.2. The van der Waals surface area contributed by atoms with Crippen LogP contribution in [0.25, 0.3) is 0 Å². The second-order valence-electron chi connectivity index (χ2n) is 9.67. The van der Waals surface area contributed by atoms with E-state index < -0.39 is 40.1 Å². The van der Waals surface area contributed by atoms with E-state index in [1.165, 1.54) is 31.4 Å². The van der Waals surface area contributed by atoms with E-state index in [-0.39, 0.29) is 29.1 Å². The molecule has 1 heterocycles. The van der Waals surface area contributed by atoms with E-state index in [0.29, 0.717) is 29.8 Å². The van der Waals surface area contributed by atoms with Gasteiger partial charge in [-0.25, -0.2) is 22.6 Å². The highest BCUT2D eigenvalue weighted by atomic mass is 32.2. The first kappa shape index (κ1) is 32.8. The fourth-order valence-electron chi connectivity index (χ4n) is 4.58. The van der Waals surface area contributed by atoms with E-state index in [4.69, 9.17) is 9.47 Å². The normalized spacial score (nSPS) is 14.5. The summed E-state index contributed by atoms with van der Waals surface area (Å²) >= 11 is 1.05. The van der Waals surface area contributed by atoms with E-state index in [0.717, 1.165) is 42.8 Å². The number of hydrogen-bond donors (Lipinski definition) is 1. The topological polar surface area (TPSA) is 83.5 Å². The number of hydrazone groups is 1. The number of nitrogens with zero attached hydrogens (tertiary/aromatic N) is 3. The van der Waals surface area contributed by atoms with E-state index in [9.17, 15) is 27.2 Å². The summed E-state index contributed by atoms with van der Waals surface area (Å²) in [5, 5.41) is 7.22. The number of hydrogen-bond acceptors (Lipinski definition) is 7. The zero-order valence-electron chi connectivity index (χ0n) is 24.4. The van der Waals surface area contributed by atoms with Crippen molar-refractivity contribution in [2.24, 2.45) is 5.10 Å². The van der Waals surface area contributed by atoms with Crippen LogP contribution in [0.1, 0.15) is 47.1 Å². The second kappa shape index (κ2) is 15.1. The number of methoxy groups -OCH3 is 1. The molecule has 3 aromatic carbocycles. The number of carbonyl (C=O) groups excluding carboxylic acids is 2. The first-order chi connectivity index (χ1) is 21.2. The van der Waals surface area contributed by atoms with Crippen LogP contribution in [0.3, 0.4) is 0 Å². The lowest BCUT2D eigenvalue weighted by Crippen LogP contribution is -2.32. The van der Waals surface area contributed by atoms with Gasteiger partial charge in [-0.15, -0.1) is 0 Å². The van der Waals surface area contributed by atoms with Crippen LogP contribution in [0.15, 0.2) is 59.7 Å². The SMILES string of the molecule is CCN(CC)CCCNC(=O)COc1cccc(C2SC(c3ccc(F)cc3)=NN2C(=O)c2c(F)cc(F)cc2F)c1OC. The minimum Gasteiger partial charge on any atom is -0.492 e. The summed E-state index contributed by atoms with van der Waals surface area (Å²) < 4.78 is 67.9. The van der Waals surface area contributed by atoms with Gasteiger partial charge < -0.3 is 19.7 Å². The van der Waals surface area contributed by atoms with Crippen LogP contribution in [-0.4, -0.2) is 66.7 Å². The molecule has 0 bridgehead atoms. The summed E-state index contributed by atoms with van der Waals surface area (Å²) in [6, 6.07) is 10.9. The highest BCUT2D eigenvalue weighted by Gasteiger charge is 2.39. The number of thioether (sulfide) groups is 1.